The van der Waals surface area contributed by atoms with Crippen LogP contribution in [0.25, 0.3) is 0 Å². The largest absolute Gasteiger partial charge is 0.372 e. The molecule has 0 saturated carbocycles. The van der Waals surface area contributed by atoms with Crippen molar-refractivity contribution in [1.29, 1.82) is 0 Å². The Bertz CT molecular complexity index is 507. The quantitative estimate of drug-likeness (QED) is 0.864. The number of benzene rings is 2. The van der Waals surface area contributed by atoms with E-state index in [9.17, 15) is 0 Å². The van der Waals surface area contributed by atoms with E-state index >= 15 is 0 Å². The molecule has 2 aromatic rings. The van der Waals surface area contributed by atoms with Gasteiger partial charge in [0.2, 0.25) is 0 Å². The van der Waals surface area contributed by atoms with Gasteiger partial charge in [0.25, 0.3) is 0 Å². The minimum Gasteiger partial charge on any atom is -0.372 e. The minimum atomic E-state index is -0.0929. The Balaban J connectivity index is 1.92. The second-order valence-corrected chi connectivity index (χ2v) is 5.12. The van der Waals surface area contributed by atoms with Gasteiger partial charge in [0.05, 0.1) is 18.8 Å². The third-order valence-electron chi connectivity index (χ3n) is 3.63. The van der Waals surface area contributed by atoms with Crippen LogP contribution in [0.5, 0.6) is 0 Å². The molecule has 2 unspecified atom stereocenters. The molecule has 0 aromatic heterocycles. The van der Waals surface area contributed by atoms with Gasteiger partial charge in [-0.05, 0) is 30.0 Å². The molecule has 0 aliphatic rings. The lowest BCUT2D eigenvalue weighted by Gasteiger charge is -2.21. The first-order chi connectivity index (χ1) is 9.70. The first kappa shape index (κ1) is 14.8. The molecule has 106 valence electrons. The topological polar surface area (TPSA) is 35.2 Å². The van der Waals surface area contributed by atoms with Crippen molar-refractivity contribution in [2.45, 2.75) is 39.0 Å². The predicted octanol–water partition coefficient (Wildman–Crippen LogP) is 3.85. The highest BCUT2D eigenvalue weighted by molar-refractivity contribution is 5.25. The Hall–Kier alpha value is -1.64. The van der Waals surface area contributed by atoms with E-state index in [0.29, 0.717) is 6.61 Å². The lowest BCUT2D eigenvalue weighted by Crippen LogP contribution is -2.26. The summed E-state index contributed by atoms with van der Waals surface area (Å²) in [7, 11) is 0. The summed E-state index contributed by atoms with van der Waals surface area (Å²) >= 11 is 0. The third-order valence-corrected chi connectivity index (χ3v) is 3.63. The maximum atomic E-state index is 6.27. The summed E-state index contributed by atoms with van der Waals surface area (Å²) < 4.78 is 5.88. The molecule has 2 N–H and O–H groups in total. The molecule has 0 spiro atoms. The van der Waals surface area contributed by atoms with Crippen LogP contribution >= 0.6 is 0 Å². The average Bonchev–Trinajstić information content (AvgIpc) is 2.53. The molecule has 2 rings (SSSR count). The number of hydrogen-bond acceptors (Lipinski definition) is 2. The molecule has 0 heterocycles. The van der Waals surface area contributed by atoms with Gasteiger partial charge in [-0.1, -0.05) is 61.5 Å². The van der Waals surface area contributed by atoms with Crippen molar-refractivity contribution in [2.75, 3.05) is 0 Å². The van der Waals surface area contributed by atoms with E-state index in [1.807, 2.05) is 25.1 Å². The summed E-state index contributed by atoms with van der Waals surface area (Å²) in [5.74, 6) is 0. The first-order valence-corrected chi connectivity index (χ1v) is 7.20. The molecule has 0 saturated heterocycles. The number of nitrogens with two attached hydrogens (primary N) is 1. The Labute approximate surface area is 121 Å². The standard InChI is InChI=1S/C18H23NO/c1-3-15-9-11-17(12-10-15)18(19)14(2)20-13-16-7-5-4-6-8-16/h4-12,14,18H,3,13,19H2,1-2H3. The van der Waals surface area contributed by atoms with Gasteiger partial charge in [-0.15, -0.1) is 0 Å². The van der Waals surface area contributed by atoms with Crippen LogP contribution in [-0.2, 0) is 17.8 Å². The van der Waals surface area contributed by atoms with Crippen LogP contribution < -0.4 is 5.73 Å². The Morgan fingerprint density at radius 1 is 0.950 bits per heavy atom. The van der Waals surface area contributed by atoms with E-state index < -0.39 is 0 Å². The SMILES string of the molecule is CCc1ccc(C(N)C(C)OCc2ccccc2)cc1. The van der Waals surface area contributed by atoms with Crippen molar-refractivity contribution in [3.63, 3.8) is 0 Å². The molecule has 2 atom stereocenters. The monoisotopic (exact) mass is 269 g/mol. The average molecular weight is 269 g/mol. The Morgan fingerprint density at radius 3 is 2.20 bits per heavy atom. The van der Waals surface area contributed by atoms with E-state index in [1.54, 1.807) is 0 Å². The lowest BCUT2D eigenvalue weighted by molar-refractivity contribution is 0.0357. The van der Waals surface area contributed by atoms with Crippen LogP contribution in [0.4, 0.5) is 0 Å². The fraction of sp³-hybridized carbons (Fsp3) is 0.333. The summed E-state index contributed by atoms with van der Waals surface area (Å²) in [5, 5.41) is 0. The molecule has 0 amide bonds. The van der Waals surface area contributed by atoms with Crippen molar-refractivity contribution in [2.24, 2.45) is 5.73 Å². The second-order valence-electron chi connectivity index (χ2n) is 5.12. The normalized spacial score (nSPS) is 13.9. The van der Waals surface area contributed by atoms with E-state index in [2.05, 4.69) is 43.3 Å². The van der Waals surface area contributed by atoms with Gasteiger partial charge in [0.15, 0.2) is 0 Å². The lowest BCUT2D eigenvalue weighted by atomic mass is 10.0. The smallest absolute Gasteiger partial charge is 0.0744 e. The molecule has 2 nitrogen and oxygen atoms in total. The van der Waals surface area contributed by atoms with Gasteiger partial charge in [-0.2, -0.15) is 0 Å². The molecule has 0 aliphatic carbocycles. The fourth-order valence-corrected chi connectivity index (χ4v) is 2.15. The van der Waals surface area contributed by atoms with Gasteiger partial charge in [0, 0.05) is 0 Å². The maximum Gasteiger partial charge on any atom is 0.0744 e. The predicted molar refractivity (Wildman–Crippen MR) is 83.4 cm³/mol. The highest BCUT2D eigenvalue weighted by Crippen LogP contribution is 2.18. The second kappa shape index (κ2) is 7.22. The van der Waals surface area contributed by atoms with Crippen LogP contribution in [0.3, 0.4) is 0 Å². The van der Waals surface area contributed by atoms with Crippen LogP contribution in [0.15, 0.2) is 54.6 Å². The van der Waals surface area contributed by atoms with Crippen molar-refractivity contribution in [3.8, 4) is 0 Å². The molecule has 2 heteroatoms. The van der Waals surface area contributed by atoms with Crippen LogP contribution in [0, 0.1) is 0 Å². The zero-order valence-corrected chi connectivity index (χ0v) is 12.3. The Morgan fingerprint density at radius 2 is 1.60 bits per heavy atom. The zero-order valence-electron chi connectivity index (χ0n) is 12.3. The molecular formula is C18H23NO. The number of ether oxygens (including phenoxy) is 1. The third kappa shape index (κ3) is 3.92. The maximum absolute atomic E-state index is 6.27. The molecule has 0 fully saturated rings. The zero-order chi connectivity index (χ0) is 14.4. The summed E-state index contributed by atoms with van der Waals surface area (Å²) in [6.45, 7) is 4.78. The molecule has 2 aromatic carbocycles. The molecule has 20 heavy (non-hydrogen) atoms. The highest BCUT2D eigenvalue weighted by Gasteiger charge is 2.15. The Kier molecular flexibility index (Phi) is 5.33. The summed E-state index contributed by atoms with van der Waals surface area (Å²) in [6.07, 6.45) is 1.04. The number of hydrogen-bond donors (Lipinski definition) is 1. The van der Waals surface area contributed by atoms with E-state index in [-0.39, 0.29) is 12.1 Å². The number of aryl methyl sites for hydroxylation is 1. The van der Waals surface area contributed by atoms with Gasteiger partial charge >= 0.3 is 0 Å². The van der Waals surface area contributed by atoms with E-state index in [4.69, 9.17) is 10.5 Å². The van der Waals surface area contributed by atoms with Crippen LogP contribution in [0.2, 0.25) is 0 Å². The van der Waals surface area contributed by atoms with Crippen molar-refractivity contribution < 1.29 is 4.74 Å². The minimum absolute atomic E-state index is 0.0114. The molecular weight excluding hydrogens is 246 g/mol. The van der Waals surface area contributed by atoms with E-state index in [0.717, 1.165) is 12.0 Å². The van der Waals surface area contributed by atoms with Crippen molar-refractivity contribution in [3.05, 3.63) is 71.3 Å². The van der Waals surface area contributed by atoms with Gasteiger partial charge in [-0.3, -0.25) is 0 Å². The van der Waals surface area contributed by atoms with Crippen LogP contribution in [0.1, 0.15) is 36.6 Å². The molecule has 0 radical (unpaired) electrons. The summed E-state index contributed by atoms with van der Waals surface area (Å²) in [6, 6.07) is 18.6. The molecule has 0 aliphatic heterocycles. The first-order valence-electron chi connectivity index (χ1n) is 7.20. The van der Waals surface area contributed by atoms with Crippen molar-refractivity contribution in [1.82, 2.24) is 0 Å². The summed E-state index contributed by atoms with van der Waals surface area (Å²) in [5.41, 5.74) is 9.90. The molecule has 0 bridgehead atoms. The fourth-order valence-electron chi connectivity index (χ4n) is 2.15. The van der Waals surface area contributed by atoms with Gasteiger partial charge < -0.3 is 10.5 Å². The van der Waals surface area contributed by atoms with Crippen LogP contribution in [-0.4, -0.2) is 6.10 Å². The van der Waals surface area contributed by atoms with E-state index in [1.165, 1.54) is 11.1 Å². The summed E-state index contributed by atoms with van der Waals surface area (Å²) in [4.78, 5) is 0. The van der Waals surface area contributed by atoms with Gasteiger partial charge in [0.1, 0.15) is 0 Å². The number of rotatable bonds is 6. The van der Waals surface area contributed by atoms with Gasteiger partial charge in [-0.25, -0.2) is 0 Å². The van der Waals surface area contributed by atoms with Crippen molar-refractivity contribution >= 4 is 0 Å². The highest BCUT2D eigenvalue weighted by atomic mass is 16.5.